The fourth-order valence-electron chi connectivity index (χ4n) is 4.12. The molecule has 1 aromatic carbocycles. The van der Waals surface area contributed by atoms with Gasteiger partial charge in [0.2, 0.25) is 11.8 Å². The van der Waals surface area contributed by atoms with E-state index >= 15 is 0 Å². The van der Waals surface area contributed by atoms with Crippen molar-refractivity contribution in [3.8, 4) is 0 Å². The zero-order valence-corrected chi connectivity index (χ0v) is 17.7. The maximum absolute atomic E-state index is 12.3. The Labute approximate surface area is 177 Å². The van der Waals surface area contributed by atoms with Crippen LogP contribution in [0.5, 0.6) is 0 Å². The molecule has 0 spiro atoms. The van der Waals surface area contributed by atoms with Crippen LogP contribution < -0.4 is 5.32 Å². The van der Waals surface area contributed by atoms with Gasteiger partial charge in [-0.1, -0.05) is 26.7 Å². The van der Waals surface area contributed by atoms with Crippen molar-refractivity contribution in [2.45, 2.75) is 58.4 Å². The molecule has 1 heterocycles. The first-order chi connectivity index (χ1) is 14.3. The van der Waals surface area contributed by atoms with Crippen molar-refractivity contribution in [3.63, 3.8) is 0 Å². The number of esters is 1. The fraction of sp³-hybridized carbons (Fsp3) is 0.565. The Morgan fingerprint density at radius 3 is 2.43 bits per heavy atom. The number of carbonyl (C=O) groups excluding carboxylic acids is 4. The third-order valence-corrected chi connectivity index (χ3v) is 5.69. The van der Waals surface area contributed by atoms with Crippen LogP contribution in [-0.4, -0.2) is 47.7 Å². The van der Waals surface area contributed by atoms with Gasteiger partial charge in [-0.05, 0) is 43.0 Å². The molecule has 0 radical (unpaired) electrons. The highest BCUT2D eigenvalue weighted by atomic mass is 16.5. The van der Waals surface area contributed by atoms with E-state index in [2.05, 4.69) is 5.32 Å². The van der Waals surface area contributed by atoms with Gasteiger partial charge in [-0.25, -0.2) is 0 Å². The van der Waals surface area contributed by atoms with E-state index in [4.69, 9.17) is 4.74 Å². The zero-order chi connectivity index (χ0) is 21.7. The van der Waals surface area contributed by atoms with Gasteiger partial charge in [-0.15, -0.1) is 0 Å². The van der Waals surface area contributed by atoms with Gasteiger partial charge in [-0.3, -0.25) is 19.2 Å². The molecule has 7 nitrogen and oxygen atoms in total. The third kappa shape index (κ3) is 5.68. The molecule has 0 aromatic heterocycles. The molecule has 1 saturated carbocycles. The van der Waals surface area contributed by atoms with Gasteiger partial charge >= 0.3 is 5.97 Å². The van der Waals surface area contributed by atoms with E-state index in [0.717, 1.165) is 25.7 Å². The molecule has 1 aliphatic carbocycles. The lowest BCUT2D eigenvalue weighted by atomic mass is 10.1. The lowest BCUT2D eigenvalue weighted by Gasteiger charge is -2.23. The highest BCUT2D eigenvalue weighted by Crippen LogP contribution is 2.29. The van der Waals surface area contributed by atoms with Crippen molar-refractivity contribution in [1.82, 2.24) is 4.90 Å². The normalized spacial score (nSPS) is 19.4. The van der Waals surface area contributed by atoms with Crippen molar-refractivity contribution in [2.24, 2.45) is 11.8 Å². The molecule has 1 atom stereocenters. The Morgan fingerprint density at radius 1 is 1.13 bits per heavy atom. The fourth-order valence-corrected chi connectivity index (χ4v) is 4.12. The maximum atomic E-state index is 12.3. The van der Waals surface area contributed by atoms with E-state index < -0.39 is 11.9 Å². The van der Waals surface area contributed by atoms with E-state index in [1.165, 1.54) is 0 Å². The van der Waals surface area contributed by atoms with Gasteiger partial charge in [0, 0.05) is 36.7 Å². The van der Waals surface area contributed by atoms with Crippen molar-refractivity contribution >= 4 is 29.3 Å². The van der Waals surface area contributed by atoms with Crippen LogP contribution in [0, 0.1) is 11.8 Å². The Balaban J connectivity index is 1.46. The number of hydrogen-bond donors (Lipinski definition) is 1. The maximum Gasteiger partial charge on any atom is 0.311 e. The summed E-state index contributed by atoms with van der Waals surface area (Å²) < 4.78 is 5.20. The molecule has 162 valence electrons. The molecule has 3 rings (SSSR count). The molecule has 1 aliphatic heterocycles. The molecule has 0 bridgehead atoms. The summed E-state index contributed by atoms with van der Waals surface area (Å²) in [6.07, 6.45) is 4.84. The van der Waals surface area contributed by atoms with Gasteiger partial charge in [-0.2, -0.15) is 0 Å². The minimum atomic E-state index is -0.496. The SMILES string of the molecule is CC(C)CC(=O)Nc1ccc(C(=O)COC(=O)[C@@H]2CC(=O)N(C3CCCC3)C2)cc1. The van der Waals surface area contributed by atoms with E-state index in [-0.39, 0.29) is 42.6 Å². The number of amides is 2. The van der Waals surface area contributed by atoms with Crippen LogP contribution >= 0.6 is 0 Å². The molecule has 2 amide bonds. The summed E-state index contributed by atoms with van der Waals surface area (Å²) in [7, 11) is 0. The molecule has 1 aromatic rings. The smallest absolute Gasteiger partial charge is 0.311 e. The van der Waals surface area contributed by atoms with Crippen LogP contribution in [0.4, 0.5) is 5.69 Å². The minimum Gasteiger partial charge on any atom is -0.457 e. The number of nitrogens with one attached hydrogen (secondary N) is 1. The van der Waals surface area contributed by atoms with Crippen molar-refractivity contribution < 1.29 is 23.9 Å². The monoisotopic (exact) mass is 414 g/mol. The number of Topliss-reactive ketones (excluding diaryl/α,β-unsaturated/α-hetero) is 1. The standard InChI is InChI=1S/C23H30N2O5/c1-15(2)11-21(27)24-18-9-7-16(8-10-18)20(26)14-30-23(29)17-12-22(28)25(13-17)19-5-3-4-6-19/h7-10,15,17,19H,3-6,11-14H2,1-2H3,(H,24,27)/t17-/m1/s1. The topological polar surface area (TPSA) is 92.8 Å². The van der Waals surface area contributed by atoms with Crippen LogP contribution in [0.25, 0.3) is 0 Å². The molecule has 2 aliphatic rings. The summed E-state index contributed by atoms with van der Waals surface area (Å²) in [5.74, 6) is -1.11. The van der Waals surface area contributed by atoms with Crippen LogP contribution in [0.1, 0.15) is 62.7 Å². The number of anilines is 1. The van der Waals surface area contributed by atoms with Crippen molar-refractivity contribution in [1.29, 1.82) is 0 Å². The number of benzene rings is 1. The highest BCUT2D eigenvalue weighted by molar-refractivity contribution is 5.99. The second-order valence-corrected chi connectivity index (χ2v) is 8.64. The molecular weight excluding hydrogens is 384 g/mol. The highest BCUT2D eigenvalue weighted by Gasteiger charge is 2.39. The van der Waals surface area contributed by atoms with Gasteiger partial charge in [0.15, 0.2) is 12.4 Å². The molecule has 1 N–H and O–H groups in total. The largest absolute Gasteiger partial charge is 0.457 e. The van der Waals surface area contributed by atoms with Gasteiger partial charge in [0.1, 0.15) is 0 Å². The van der Waals surface area contributed by atoms with Gasteiger partial charge < -0.3 is 15.0 Å². The van der Waals surface area contributed by atoms with Gasteiger partial charge in [0.25, 0.3) is 0 Å². The third-order valence-electron chi connectivity index (χ3n) is 5.69. The molecule has 30 heavy (non-hydrogen) atoms. The number of rotatable bonds is 8. The molecule has 1 saturated heterocycles. The van der Waals surface area contributed by atoms with Crippen LogP contribution in [0.3, 0.4) is 0 Å². The first-order valence-corrected chi connectivity index (χ1v) is 10.7. The number of carbonyl (C=O) groups is 4. The lowest BCUT2D eigenvalue weighted by molar-refractivity contribution is -0.147. The summed E-state index contributed by atoms with van der Waals surface area (Å²) in [6.45, 7) is 3.97. The molecular formula is C23H30N2O5. The van der Waals surface area contributed by atoms with E-state index in [0.29, 0.717) is 24.2 Å². The van der Waals surface area contributed by atoms with Crippen molar-refractivity contribution in [3.05, 3.63) is 29.8 Å². The number of hydrogen-bond acceptors (Lipinski definition) is 5. The van der Waals surface area contributed by atoms with Crippen molar-refractivity contribution in [2.75, 3.05) is 18.5 Å². The van der Waals surface area contributed by atoms with E-state index in [9.17, 15) is 19.2 Å². The summed E-state index contributed by atoms with van der Waals surface area (Å²) in [6, 6.07) is 6.76. The Morgan fingerprint density at radius 2 is 1.80 bits per heavy atom. The Kier molecular flexibility index (Phi) is 7.24. The number of ether oxygens (including phenoxy) is 1. The minimum absolute atomic E-state index is 0.00489. The number of ketones is 1. The number of likely N-dealkylation sites (tertiary alicyclic amines) is 1. The Bertz CT molecular complexity index is 796. The predicted octanol–water partition coefficient (Wildman–Crippen LogP) is 3.19. The van der Waals surface area contributed by atoms with E-state index in [1.807, 2.05) is 18.7 Å². The van der Waals surface area contributed by atoms with Crippen LogP contribution in [-0.2, 0) is 19.1 Å². The summed E-state index contributed by atoms with van der Waals surface area (Å²) in [5.41, 5.74) is 1.02. The van der Waals surface area contributed by atoms with E-state index in [1.54, 1.807) is 24.3 Å². The zero-order valence-electron chi connectivity index (χ0n) is 17.7. The summed E-state index contributed by atoms with van der Waals surface area (Å²) in [5, 5.41) is 2.79. The second-order valence-electron chi connectivity index (χ2n) is 8.64. The van der Waals surface area contributed by atoms with Gasteiger partial charge in [0.05, 0.1) is 5.92 Å². The quantitative estimate of drug-likeness (QED) is 0.521. The summed E-state index contributed by atoms with van der Waals surface area (Å²) >= 11 is 0. The first-order valence-electron chi connectivity index (χ1n) is 10.7. The molecule has 2 fully saturated rings. The number of nitrogens with zero attached hydrogens (tertiary/aromatic N) is 1. The molecule has 0 unspecified atom stereocenters. The molecule has 7 heteroatoms. The second kappa shape index (κ2) is 9.87. The van der Waals surface area contributed by atoms with Crippen LogP contribution in [0.15, 0.2) is 24.3 Å². The lowest BCUT2D eigenvalue weighted by Crippen LogP contribution is -2.35. The average Bonchev–Trinajstić information content (AvgIpc) is 3.35. The Hall–Kier alpha value is -2.70. The van der Waals surface area contributed by atoms with Crippen LogP contribution in [0.2, 0.25) is 0 Å². The summed E-state index contributed by atoms with van der Waals surface area (Å²) in [4.78, 5) is 50.5. The predicted molar refractivity (Wildman–Crippen MR) is 112 cm³/mol. The first kappa shape index (κ1) is 22.0. The average molecular weight is 415 g/mol.